The third-order valence-corrected chi connectivity index (χ3v) is 5.85. The van der Waals surface area contributed by atoms with E-state index in [0.29, 0.717) is 29.8 Å². The summed E-state index contributed by atoms with van der Waals surface area (Å²) in [6.07, 6.45) is 2.67. The number of nitrogens with one attached hydrogen (secondary N) is 2. The molecular formula is C24H36N4O4+2. The molecule has 1 aromatic rings. The summed E-state index contributed by atoms with van der Waals surface area (Å²) in [5, 5.41) is 28.2. The van der Waals surface area contributed by atoms with Crippen molar-refractivity contribution in [3.8, 4) is 0 Å². The van der Waals surface area contributed by atoms with Gasteiger partial charge in [-0.05, 0) is 18.2 Å². The topological polar surface area (TPSA) is 98.7 Å². The van der Waals surface area contributed by atoms with Crippen LogP contribution in [0.4, 0.5) is 5.69 Å². The van der Waals surface area contributed by atoms with Crippen molar-refractivity contribution >= 4 is 17.3 Å². The molecule has 2 unspecified atom stereocenters. The van der Waals surface area contributed by atoms with Gasteiger partial charge < -0.3 is 24.5 Å². The molecule has 174 valence electrons. The molecule has 2 atom stereocenters. The van der Waals surface area contributed by atoms with Crippen molar-refractivity contribution in [2.75, 3.05) is 73.8 Å². The minimum atomic E-state index is -1.77. The molecule has 0 amide bonds. The van der Waals surface area contributed by atoms with Crippen LogP contribution in [-0.4, -0.2) is 105 Å². The first-order chi connectivity index (χ1) is 14.7. The maximum atomic E-state index is 13.7. The summed E-state index contributed by atoms with van der Waals surface area (Å²) >= 11 is 0. The van der Waals surface area contributed by atoms with E-state index in [1.807, 2.05) is 21.1 Å². The average molecular weight is 445 g/mol. The van der Waals surface area contributed by atoms with Crippen molar-refractivity contribution in [2.45, 2.75) is 5.72 Å². The normalized spacial score (nSPS) is 23.3. The fraction of sp³-hybridized carbons (Fsp3) is 0.500. The van der Waals surface area contributed by atoms with Crippen LogP contribution in [0.25, 0.3) is 0 Å². The van der Waals surface area contributed by atoms with Crippen LogP contribution >= 0.6 is 0 Å². The van der Waals surface area contributed by atoms with E-state index in [1.165, 1.54) is 12.2 Å². The summed E-state index contributed by atoms with van der Waals surface area (Å²) in [5.74, 6) is -2.32. The third-order valence-electron chi connectivity index (χ3n) is 5.85. The molecule has 1 aromatic carbocycles. The zero-order valence-corrected chi connectivity index (χ0v) is 19.9. The van der Waals surface area contributed by atoms with Gasteiger partial charge in [0.25, 0.3) is 0 Å². The van der Waals surface area contributed by atoms with Crippen molar-refractivity contribution in [2.24, 2.45) is 5.92 Å². The van der Waals surface area contributed by atoms with Crippen molar-refractivity contribution in [1.29, 1.82) is 0 Å². The molecule has 2 aliphatic carbocycles. The Bertz CT molecular complexity index is 985. The number of ketones is 2. The lowest BCUT2D eigenvalue weighted by molar-refractivity contribution is -0.869. The van der Waals surface area contributed by atoms with Crippen LogP contribution in [0.15, 0.2) is 41.7 Å². The molecule has 0 heterocycles. The molecule has 3 rings (SSSR count). The summed E-state index contributed by atoms with van der Waals surface area (Å²) in [4.78, 5) is 27.1. The molecule has 4 N–H and O–H groups in total. The molecule has 0 fully saturated rings. The number of carbonyl (C=O) groups is 2. The van der Waals surface area contributed by atoms with Gasteiger partial charge in [0, 0.05) is 17.8 Å². The van der Waals surface area contributed by atoms with Crippen molar-refractivity contribution < 1.29 is 28.8 Å². The predicted octanol–water partition coefficient (Wildman–Crippen LogP) is 1.17. The molecule has 32 heavy (non-hydrogen) atoms. The predicted molar refractivity (Wildman–Crippen MR) is 125 cm³/mol. The van der Waals surface area contributed by atoms with Gasteiger partial charge >= 0.3 is 0 Å². The van der Waals surface area contributed by atoms with Crippen LogP contribution in [0.5, 0.6) is 0 Å². The number of fused-ring (bicyclic) bond motifs is 2. The second-order valence-electron chi connectivity index (χ2n) is 10.7. The number of anilines is 1. The van der Waals surface area contributed by atoms with E-state index >= 15 is 0 Å². The molecule has 0 radical (unpaired) electrons. The van der Waals surface area contributed by atoms with Gasteiger partial charge in [-0.15, -0.1) is 0 Å². The second kappa shape index (κ2) is 8.44. The highest BCUT2D eigenvalue weighted by atomic mass is 16.3. The molecule has 0 saturated heterocycles. The number of hydrogen-bond acceptors (Lipinski definition) is 6. The molecule has 8 heteroatoms. The number of allylic oxidation sites excluding steroid dienone is 1. The minimum absolute atomic E-state index is 0.0613. The van der Waals surface area contributed by atoms with Gasteiger partial charge in [-0.25, -0.2) is 0 Å². The maximum absolute atomic E-state index is 13.7. The molecule has 0 bridgehead atoms. The number of Topliss-reactive ketones (excluding diaryl/α,β-unsaturated/α-hetero) is 2. The van der Waals surface area contributed by atoms with E-state index in [9.17, 15) is 19.8 Å². The van der Waals surface area contributed by atoms with Gasteiger partial charge in [-0.1, -0.05) is 12.1 Å². The highest BCUT2D eigenvalue weighted by molar-refractivity contribution is 6.26. The van der Waals surface area contributed by atoms with Gasteiger partial charge in [0.15, 0.2) is 11.6 Å². The summed E-state index contributed by atoms with van der Waals surface area (Å²) in [7, 11) is 12.3. The quantitative estimate of drug-likeness (QED) is 0.355. The Kier molecular flexibility index (Phi) is 6.36. The average Bonchev–Trinajstić information content (AvgIpc) is 2.66. The Morgan fingerprint density at radius 1 is 1.00 bits per heavy atom. The van der Waals surface area contributed by atoms with Crippen molar-refractivity contribution in [3.63, 3.8) is 0 Å². The summed E-state index contributed by atoms with van der Waals surface area (Å²) in [5.41, 5.74) is -0.754. The van der Waals surface area contributed by atoms with E-state index < -0.39 is 17.4 Å². The minimum Gasteiger partial charge on any atom is -0.508 e. The molecular weight excluding hydrogens is 408 g/mol. The lowest BCUT2D eigenvalue weighted by Gasteiger charge is -2.40. The second-order valence-corrected chi connectivity index (χ2v) is 10.7. The smallest absolute Gasteiger partial charge is 0.194 e. The standard InChI is InChI=1S/C24H34N4O4/c1-27(2,3)14-12-25-17-9-7-8-16-19(17)23(31)21-20(22(16)30)18(29)10-11-24(21,32)26-13-15-28(4,5)6/h7-11,21,26,32H,12-15H2,1-6H3/p+2. The van der Waals surface area contributed by atoms with E-state index in [1.54, 1.807) is 18.2 Å². The summed E-state index contributed by atoms with van der Waals surface area (Å²) in [6, 6.07) is 5.09. The number of likely N-dealkylation sites (N-methyl/N-ethyl adjacent to an activating group) is 2. The number of quaternary nitrogens is 2. The van der Waals surface area contributed by atoms with E-state index in [4.69, 9.17) is 0 Å². The van der Waals surface area contributed by atoms with Gasteiger partial charge in [0.2, 0.25) is 0 Å². The lowest BCUT2D eigenvalue weighted by Crippen LogP contribution is -2.58. The summed E-state index contributed by atoms with van der Waals surface area (Å²) in [6.45, 7) is 2.56. The Balaban J connectivity index is 1.98. The first kappa shape index (κ1) is 24.1. The Labute approximate surface area is 190 Å². The van der Waals surface area contributed by atoms with Gasteiger partial charge in [-0.2, -0.15) is 0 Å². The SMILES string of the molecule is C[N+](C)(C)CCNc1cccc2c1C(=O)C1C(=C(O)C=CC1(O)NCC[N+](C)(C)C)C2=O. The van der Waals surface area contributed by atoms with Crippen LogP contribution in [0.3, 0.4) is 0 Å². The molecule has 8 nitrogen and oxygen atoms in total. The van der Waals surface area contributed by atoms with E-state index in [0.717, 1.165) is 11.0 Å². The number of benzene rings is 1. The van der Waals surface area contributed by atoms with Gasteiger partial charge in [0.05, 0.1) is 73.1 Å². The number of rotatable bonds is 8. The van der Waals surface area contributed by atoms with E-state index in [2.05, 4.69) is 31.8 Å². The van der Waals surface area contributed by atoms with Crippen LogP contribution in [-0.2, 0) is 0 Å². The molecule has 0 aromatic heterocycles. The fourth-order valence-electron chi connectivity index (χ4n) is 4.06. The lowest BCUT2D eigenvalue weighted by atomic mass is 9.70. The number of nitrogens with zero attached hydrogens (tertiary/aromatic N) is 2. The van der Waals surface area contributed by atoms with Crippen LogP contribution < -0.4 is 10.6 Å². The number of hydrogen-bond donors (Lipinski definition) is 4. The largest absolute Gasteiger partial charge is 0.508 e. The van der Waals surface area contributed by atoms with Crippen LogP contribution in [0, 0.1) is 5.92 Å². The zero-order chi connectivity index (χ0) is 23.9. The van der Waals surface area contributed by atoms with Crippen molar-refractivity contribution in [1.82, 2.24) is 5.32 Å². The molecule has 0 spiro atoms. The molecule has 0 aliphatic heterocycles. The third kappa shape index (κ3) is 4.94. The Morgan fingerprint density at radius 3 is 2.25 bits per heavy atom. The van der Waals surface area contributed by atoms with Crippen LogP contribution in [0.1, 0.15) is 20.7 Å². The zero-order valence-electron chi connectivity index (χ0n) is 19.9. The fourth-order valence-corrected chi connectivity index (χ4v) is 4.06. The molecule has 2 aliphatic rings. The number of aliphatic hydroxyl groups excluding tert-OH is 1. The first-order valence-corrected chi connectivity index (χ1v) is 10.9. The highest BCUT2D eigenvalue weighted by Gasteiger charge is 2.52. The van der Waals surface area contributed by atoms with E-state index in [-0.39, 0.29) is 28.2 Å². The van der Waals surface area contributed by atoms with Crippen molar-refractivity contribution in [3.05, 3.63) is 52.8 Å². The number of aliphatic hydroxyl groups is 2. The maximum Gasteiger partial charge on any atom is 0.194 e. The first-order valence-electron chi connectivity index (χ1n) is 10.9. The van der Waals surface area contributed by atoms with Crippen LogP contribution in [0.2, 0.25) is 0 Å². The number of carbonyl (C=O) groups excluding carboxylic acids is 2. The monoisotopic (exact) mass is 444 g/mol. The highest BCUT2D eigenvalue weighted by Crippen LogP contribution is 2.42. The Morgan fingerprint density at radius 2 is 1.62 bits per heavy atom. The van der Waals surface area contributed by atoms with Gasteiger partial charge in [0.1, 0.15) is 17.4 Å². The molecule has 0 saturated carbocycles. The van der Waals surface area contributed by atoms with Gasteiger partial charge in [-0.3, -0.25) is 14.9 Å². The Hall–Kier alpha value is -2.52. The summed E-state index contributed by atoms with van der Waals surface area (Å²) < 4.78 is 1.42.